The van der Waals surface area contributed by atoms with E-state index < -0.39 is 11.4 Å². The van der Waals surface area contributed by atoms with E-state index in [0.717, 1.165) is 38.1 Å². The maximum absolute atomic E-state index is 11.9. The fraction of sp³-hybridized carbons (Fsp3) is 0.276. The smallest absolute Gasteiger partial charge is 0.440 e. The van der Waals surface area contributed by atoms with E-state index in [-0.39, 0.29) is 19.1 Å². The molecule has 10 heteroatoms. The molecule has 4 aromatic rings. The minimum atomic E-state index is -0.782. The van der Waals surface area contributed by atoms with Crippen LogP contribution in [-0.2, 0) is 22.7 Å². The van der Waals surface area contributed by atoms with Gasteiger partial charge in [-0.15, -0.1) is 4.74 Å². The maximum atomic E-state index is 11.9. The Bertz CT molecular complexity index is 1510. The molecule has 0 unspecified atom stereocenters. The van der Waals surface area contributed by atoms with Gasteiger partial charge in [-0.1, -0.05) is 30.3 Å². The number of aromatic nitrogens is 2. The molecule has 0 saturated carbocycles. The van der Waals surface area contributed by atoms with Gasteiger partial charge in [-0.2, -0.15) is 0 Å². The van der Waals surface area contributed by atoms with Crippen LogP contribution in [-0.4, -0.2) is 42.5 Å². The number of nitrogens with one attached hydrogen (secondary N) is 2. The topological polar surface area (TPSA) is 125 Å². The molecule has 204 valence electrons. The fourth-order valence-electron chi connectivity index (χ4n) is 4.21. The molecular formula is C29H31N3O7. The standard InChI is InChI=1S/C29H31N3O7/c1-19-13-25(38-18-26(33)30-11-12-36-3)14-20(2)27(19)23-6-4-5-22(15-23)17-37-24-9-7-21(8-10-24)16-32-28(34)31-29(35)39-32/h4-10,13-15H,11-12,16-18H2,1-3H3,(H,30,33)(H,31,34,35). The number of carbonyl (C=O) groups is 1. The number of rotatable bonds is 12. The molecule has 10 nitrogen and oxygen atoms in total. The molecule has 0 saturated heterocycles. The van der Waals surface area contributed by atoms with Crippen LogP contribution in [0.25, 0.3) is 11.1 Å². The predicted molar refractivity (Wildman–Crippen MR) is 145 cm³/mol. The Hall–Kier alpha value is -4.57. The van der Waals surface area contributed by atoms with Crippen LogP contribution < -0.4 is 26.2 Å². The fourth-order valence-corrected chi connectivity index (χ4v) is 4.21. The lowest BCUT2D eigenvalue weighted by atomic mass is 9.94. The molecular weight excluding hydrogens is 502 g/mol. The second kappa shape index (κ2) is 12.8. The van der Waals surface area contributed by atoms with Crippen molar-refractivity contribution in [2.75, 3.05) is 26.9 Å². The second-order valence-corrected chi connectivity index (χ2v) is 9.04. The molecule has 0 radical (unpaired) electrons. The first-order valence-electron chi connectivity index (χ1n) is 12.4. The van der Waals surface area contributed by atoms with Crippen LogP contribution in [0.1, 0.15) is 22.3 Å². The van der Waals surface area contributed by atoms with Gasteiger partial charge in [-0.05, 0) is 77.6 Å². The number of carbonyl (C=O) groups excluding carboxylic acids is 1. The number of benzene rings is 3. The summed E-state index contributed by atoms with van der Waals surface area (Å²) in [6.07, 6.45) is 0. The Labute approximate surface area is 225 Å². The van der Waals surface area contributed by atoms with E-state index in [2.05, 4.69) is 22.4 Å². The Morgan fingerprint density at radius 2 is 1.69 bits per heavy atom. The highest BCUT2D eigenvalue weighted by Gasteiger charge is 2.11. The van der Waals surface area contributed by atoms with Gasteiger partial charge < -0.3 is 24.1 Å². The van der Waals surface area contributed by atoms with E-state index in [4.69, 9.17) is 18.7 Å². The van der Waals surface area contributed by atoms with E-state index in [1.165, 1.54) is 0 Å². The van der Waals surface area contributed by atoms with E-state index >= 15 is 0 Å². The Balaban J connectivity index is 1.37. The SMILES string of the molecule is COCCNC(=O)COc1cc(C)c(-c2cccc(COc3ccc(Cn4oc(=O)[nH]c4=O)cc3)c2)c(C)c1. The molecule has 0 spiro atoms. The molecule has 1 aromatic heterocycles. The molecule has 39 heavy (non-hydrogen) atoms. The number of H-pyrrole nitrogens is 1. The normalized spacial score (nSPS) is 10.8. The quantitative estimate of drug-likeness (QED) is 0.268. The highest BCUT2D eigenvalue weighted by atomic mass is 16.5. The molecule has 2 N–H and O–H groups in total. The molecule has 0 aliphatic carbocycles. The summed E-state index contributed by atoms with van der Waals surface area (Å²) in [5.74, 6) is 0.336. The van der Waals surface area contributed by atoms with Crippen LogP contribution >= 0.6 is 0 Å². The molecule has 1 heterocycles. The van der Waals surface area contributed by atoms with Crippen LogP contribution in [0.4, 0.5) is 0 Å². The average molecular weight is 534 g/mol. The number of aryl methyl sites for hydroxylation is 2. The van der Waals surface area contributed by atoms with E-state index in [1.807, 2.05) is 50.2 Å². The van der Waals surface area contributed by atoms with Gasteiger partial charge >= 0.3 is 11.4 Å². The molecule has 0 bridgehead atoms. The Morgan fingerprint density at radius 3 is 2.36 bits per heavy atom. The Kier molecular flexibility index (Phi) is 9.01. The van der Waals surface area contributed by atoms with E-state index in [9.17, 15) is 14.4 Å². The largest absolute Gasteiger partial charge is 0.489 e. The average Bonchev–Trinajstić information content (AvgIpc) is 3.23. The summed E-state index contributed by atoms with van der Waals surface area (Å²) in [6, 6.07) is 19.2. The molecule has 4 rings (SSSR count). The van der Waals surface area contributed by atoms with E-state index in [0.29, 0.717) is 31.3 Å². The summed E-state index contributed by atoms with van der Waals surface area (Å²) >= 11 is 0. The third-order valence-corrected chi connectivity index (χ3v) is 6.00. The number of amides is 1. The minimum Gasteiger partial charge on any atom is -0.489 e. The van der Waals surface area contributed by atoms with Crippen molar-refractivity contribution < 1.29 is 23.5 Å². The van der Waals surface area contributed by atoms with Crippen LogP contribution in [0.15, 0.2) is 74.8 Å². The molecule has 0 atom stereocenters. The summed E-state index contributed by atoms with van der Waals surface area (Å²) in [4.78, 5) is 36.7. The molecule has 0 aliphatic rings. The molecule has 1 amide bonds. The van der Waals surface area contributed by atoms with Crippen LogP contribution in [0.3, 0.4) is 0 Å². The van der Waals surface area contributed by atoms with Gasteiger partial charge in [0.25, 0.3) is 5.91 Å². The van der Waals surface area contributed by atoms with Crippen LogP contribution in [0, 0.1) is 13.8 Å². The lowest BCUT2D eigenvalue weighted by Gasteiger charge is -2.15. The van der Waals surface area contributed by atoms with Crippen molar-refractivity contribution in [3.8, 4) is 22.6 Å². The van der Waals surface area contributed by atoms with Gasteiger partial charge in [0, 0.05) is 13.7 Å². The van der Waals surface area contributed by atoms with Crippen molar-refractivity contribution in [2.24, 2.45) is 0 Å². The summed E-state index contributed by atoms with van der Waals surface area (Å²) in [6.45, 7) is 5.39. The van der Waals surface area contributed by atoms with Crippen molar-refractivity contribution in [2.45, 2.75) is 27.0 Å². The first-order chi connectivity index (χ1) is 18.8. The molecule has 0 fully saturated rings. The third-order valence-electron chi connectivity index (χ3n) is 6.00. The number of ether oxygens (including phenoxy) is 3. The zero-order chi connectivity index (χ0) is 27.8. The van der Waals surface area contributed by atoms with E-state index in [1.54, 1.807) is 19.2 Å². The first kappa shape index (κ1) is 27.5. The molecule has 0 aliphatic heterocycles. The lowest BCUT2D eigenvalue weighted by Crippen LogP contribution is -2.31. The van der Waals surface area contributed by atoms with Gasteiger partial charge in [-0.25, -0.2) is 14.6 Å². The summed E-state index contributed by atoms with van der Waals surface area (Å²) < 4.78 is 22.4. The van der Waals surface area contributed by atoms with Crippen LogP contribution in [0.5, 0.6) is 11.5 Å². The third kappa shape index (κ3) is 7.48. The number of aromatic amines is 1. The highest BCUT2D eigenvalue weighted by molar-refractivity contribution is 5.77. The zero-order valence-corrected chi connectivity index (χ0v) is 22.1. The van der Waals surface area contributed by atoms with Crippen LogP contribution in [0.2, 0.25) is 0 Å². The van der Waals surface area contributed by atoms with Gasteiger partial charge in [0.05, 0.1) is 13.2 Å². The van der Waals surface area contributed by atoms with Gasteiger partial charge in [0.2, 0.25) is 0 Å². The summed E-state index contributed by atoms with van der Waals surface area (Å²) in [5, 5.41) is 2.74. The van der Waals surface area contributed by atoms with Gasteiger partial charge in [0.15, 0.2) is 6.61 Å². The number of nitrogens with zero attached hydrogens (tertiary/aromatic N) is 1. The summed E-state index contributed by atoms with van der Waals surface area (Å²) in [7, 11) is 1.58. The number of hydrogen-bond acceptors (Lipinski definition) is 7. The summed E-state index contributed by atoms with van der Waals surface area (Å²) in [5.41, 5.74) is 5.44. The maximum Gasteiger partial charge on any atom is 0.440 e. The predicted octanol–water partition coefficient (Wildman–Crippen LogP) is 3.18. The first-order valence-corrected chi connectivity index (χ1v) is 12.4. The second-order valence-electron chi connectivity index (χ2n) is 9.04. The van der Waals surface area contributed by atoms with Crippen molar-refractivity contribution >= 4 is 5.91 Å². The van der Waals surface area contributed by atoms with Crippen molar-refractivity contribution in [1.82, 2.24) is 15.0 Å². The van der Waals surface area contributed by atoms with Crippen molar-refractivity contribution in [1.29, 1.82) is 0 Å². The van der Waals surface area contributed by atoms with Crippen molar-refractivity contribution in [3.05, 3.63) is 104 Å². The highest BCUT2D eigenvalue weighted by Crippen LogP contribution is 2.31. The minimum absolute atomic E-state index is 0.0587. The van der Waals surface area contributed by atoms with Crippen molar-refractivity contribution in [3.63, 3.8) is 0 Å². The number of methoxy groups -OCH3 is 1. The molecule has 3 aromatic carbocycles. The van der Waals surface area contributed by atoms with Gasteiger partial charge in [0.1, 0.15) is 18.1 Å². The monoisotopic (exact) mass is 533 g/mol. The zero-order valence-electron chi connectivity index (χ0n) is 22.1. The lowest BCUT2D eigenvalue weighted by molar-refractivity contribution is -0.123. The van der Waals surface area contributed by atoms with Gasteiger partial charge in [-0.3, -0.25) is 4.79 Å². The number of hydrogen-bond donors (Lipinski definition) is 2. The Morgan fingerprint density at radius 1 is 0.949 bits per heavy atom.